The number of esters is 1. The quantitative estimate of drug-likeness (QED) is 0.704. The monoisotopic (exact) mass is 388 g/mol. The SMILES string of the molecule is O=C(COc1ccccc1)OCC(=O)N1CCN(C(=O)c2cccs2)CC1. The standard InChI is InChI=1S/C19H20N2O5S/c22-17(13-26-18(23)14-25-15-5-2-1-3-6-15)20-8-10-21(11-9-20)19(24)16-7-4-12-27-16/h1-7,12H,8-11,13-14H2. The molecule has 0 spiro atoms. The fourth-order valence-electron chi connectivity index (χ4n) is 2.65. The smallest absolute Gasteiger partial charge is 0.344 e. The van der Waals surface area contributed by atoms with E-state index >= 15 is 0 Å². The zero-order chi connectivity index (χ0) is 19.1. The van der Waals surface area contributed by atoms with E-state index in [2.05, 4.69) is 0 Å². The molecule has 1 aromatic heterocycles. The second-order valence-corrected chi connectivity index (χ2v) is 6.86. The zero-order valence-corrected chi connectivity index (χ0v) is 15.5. The second-order valence-electron chi connectivity index (χ2n) is 5.91. The van der Waals surface area contributed by atoms with Crippen molar-refractivity contribution in [3.05, 3.63) is 52.7 Å². The normalized spacial score (nSPS) is 13.9. The van der Waals surface area contributed by atoms with Gasteiger partial charge in [-0.25, -0.2) is 4.79 Å². The van der Waals surface area contributed by atoms with Crippen LogP contribution in [0.2, 0.25) is 0 Å². The van der Waals surface area contributed by atoms with Crippen molar-refractivity contribution in [1.29, 1.82) is 0 Å². The Balaban J connectivity index is 1.37. The van der Waals surface area contributed by atoms with Gasteiger partial charge in [-0.05, 0) is 23.6 Å². The summed E-state index contributed by atoms with van der Waals surface area (Å²) in [5.74, 6) is -0.320. The van der Waals surface area contributed by atoms with Gasteiger partial charge >= 0.3 is 5.97 Å². The maximum Gasteiger partial charge on any atom is 0.344 e. The van der Waals surface area contributed by atoms with E-state index in [1.165, 1.54) is 11.3 Å². The first kappa shape index (κ1) is 18.9. The number of piperazine rings is 1. The molecule has 1 fully saturated rings. The van der Waals surface area contributed by atoms with E-state index in [-0.39, 0.29) is 25.0 Å². The number of amides is 2. The van der Waals surface area contributed by atoms with Crippen LogP contribution in [-0.4, -0.2) is 67.0 Å². The lowest BCUT2D eigenvalue weighted by atomic mass is 10.3. The third kappa shape index (κ3) is 5.30. The minimum atomic E-state index is -0.598. The van der Waals surface area contributed by atoms with Gasteiger partial charge in [-0.1, -0.05) is 24.3 Å². The molecule has 1 aliphatic rings. The van der Waals surface area contributed by atoms with Gasteiger partial charge in [0, 0.05) is 26.2 Å². The summed E-state index contributed by atoms with van der Waals surface area (Å²) in [5.41, 5.74) is 0. The van der Waals surface area contributed by atoms with E-state index in [4.69, 9.17) is 9.47 Å². The molecule has 0 aliphatic carbocycles. The van der Waals surface area contributed by atoms with Gasteiger partial charge in [-0.2, -0.15) is 0 Å². The fraction of sp³-hybridized carbons (Fsp3) is 0.316. The number of nitrogens with zero attached hydrogens (tertiary/aromatic N) is 2. The molecule has 2 heterocycles. The minimum absolute atomic E-state index is 0.0124. The highest BCUT2D eigenvalue weighted by Gasteiger charge is 2.25. The number of thiophene rings is 1. The number of hydrogen-bond donors (Lipinski definition) is 0. The molecule has 0 radical (unpaired) electrons. The molecular weight excluding hydrogens is 368 g/mol. The average Bonchev–Trinajstić information content (AvgIpc) is 3.25. The predicted octanol–water partition coefficient (Wildman–Crippen LogP) is 1.65. The Kier molecular flexibility index (Phi) is 6.43. The average molecular weight is 388 g/mol. The number of carbonyl (C=O) groups is 3. The maximum absolute atomic E-state index is 12.3. The second kappa shape index (κ2) is 9.18. The van der Waals surface area contributed by atoms with Crippen LogP contribution in [0.1, 0.15) is 9.67 Å². The lowest BCUT2D eigenvalue weighted by Crippen LogP contribution is -2.51. The van der Waals surface area contributed by atoms with Crippen molar-refractivity contribution < 1.29 is 23.9 Å². The van der Waals surface area contributed by atoms with Gasteiger partial charge in [-0.15, -0.1) is 11.3 Å². The summed E-state index contributed by atoms with van der Waals surface area (Å²) in [6, 6.07) is 12.5. The zero-order valence-electron chi connectivity index (χ0n) is 14.7. The van der Waals surface area contributed by atoms with Crippen LogP contribution in [0.4, 0.5) is 0 Å². The maximum atomic E-state index is 12.3. The Labute approximate surface area is 161 Å². The summed E-state index contributed by atoms with van der Waals surface area (Å²) in [7, 11) is 0. The molecule has 1 saturated heterocycles. The molecule has 8 heteroatoms. The molecule has 2 amide bonds. The lowest BCUT2D eigenvalue weighted by Gasteiger charge is -2.34. The molecule has 1 aromatic carbocycles. The Morgan fingerprint density at radius 2 is 1.59 bits per heavy atom. The summed E-state index contributed by atoms with van der Waals surface area (Å²) in [5, 5.41) is 1.86. The van der Waals surface area contributed by atoms with Crippen molar-refractivity contribution in [1.82, 2.24) is 9.80 Å². The molecule has 0 unspecified atom stereocenters. The first-order valence-electron chi connectivity index (χ1n) is 8.57. The van der Waals surface area contributed by atoms with Crippen LogP contribution in [0.3, 0.4) is 0 Å². The van der Waals surface area contributed by atoms with Gasteiger partial charge in [0.05, 0.1) is 4.88 Å². The van der Waals surface area contributed by atoms with E-state index in [1.54, 1.807) is 40.1 Å². The van der Waals surface area contributed by atoms with Crippen LogP contribution in [0, 0.1) is 0 Å². The Bertz CT molecular complexity index is 771. The van der Waals surface area contributed by atoms with Crippen LogP contribution in [0.25, 0.3) is 0 Å². The molecule has 27 heavy (non-hydrogen) atoms. The Morgan fingerprint density at radius 3 is 2.26 bits per heavy atom. The van der Waals surface area contributed by atoms with Crippen molar-refractivity contribution in [2.45, 2.75) is 0 Å². The Hall–Kier alpha value is -2.87. The van der Waals surface area contributed by atoms with Crippen molar-refractivity contribution >= 4 is 29.1 Å². The number of benzene rings is 1. The van der Waals surface area contributed by atoms with Crippen LogP contribution in [0.5, 0.6) is 5.75 Å². The molecular formula is C19H20N2O5S. The van der Waals surface area contributed by atoms with Crippen LogP contribution < -0.4 is 4.74 Å². The van der Waals surface area contributed by atoms with Crippen LogP contribution in [-0.2, 0) is 14.3 Å². The highest BCUT2D eigenvalue weighted by molar-refractivity contribution is 7.12. The van der Waals surface area contributed by atoms with Crippen molar-refractivity contribution in [3.63, 3.8) is 0 Å². The Morgan fingerprint density at radius 1 is 0.889 bits per heavy atom. The topological polar surface area (TPSA) is 76.2 Å². The highest BCUT2D eigenvalue weighted by atomic mass is 32.1. The molecule has 0 saturated carbocycles. The number of hydrogen-bond acceptors (Lipinski definition) is 6. The third-order valence-corrected chi connectivity index (χ3v) is 4.97. The van der Waals surface area contributed by atoms with E-state index in [0.717, 1.165) is 0 Å². The lowest BCUT2D eigenvalue weighted by molar-refractivity contribution is -0.154. The summed E-state index contributed by atoms with van der Waals surface area (Å²) >= 11 is 1.40. The molecule has 7 nitrogen and oxygen atoms in total. The third-order valence-electron chi connectivity index (χ3n) is 4.11. The van der Waals surface area contributed by atoms with Gasteiger partial charge in [-0.3, -0.25) is 9.59 Å². The number of rotatable bonds is 6. The molecule has 2 aromatic rings. The van der Waals surface area contributed by atoms with Crippen LogP contribution in [0.15, 0.2) is 47.8 Å². The van der Waals surface area contributed by atoms with E-state index in [0.29, 0.717) is 36.8 Å². The van der Waals surface area contributed by atoms with Gasteiger partial charge < -0.3 is 19.3 Å². The van der Waals surface area contributed by atoms with Crippen LogP contribution >= 0.6 is 11.3 Å². The van der Waals surface area contributed by atoms with Gasteiger partial charge in [0.1, 0.15) is 5.75 Å². The molecule has 0 N–H and O–H groups in total. The van der Waals surface area contributed by atoms with Gasteiger partial charge in [0.25, 0.3) is 11.8 Å². The van der Waals surface area contributed by atoms with E-state index in [9.17, 15) is 14.4 Å². The minimum Gasteiger partial charge on any atom is -0.482 e. The van der Waals surface area contributed by atoms with Crippen molar-refractivity contribution in [2.24, 2.45) is 0 Å². The van der Waals surface area contributed by atoms with E-state index < -0.39 is 5.97 Å². The van der Waals surface area contributed by atoms with Gasteiger partial charge in [0.2, 0.25) is 0 Å². The van der Waals surface area contributed by atoms with Gasteiger partial charge in [0.15, 0.2) is 13.2 Å². The number of ether oxygens (including phenoxy) is 2. The molecule has 142 valence electrons. The number of carbonyl (C=O) groups excluding carboxylic acids is 3. The van der Waals surface area contributed by atoms with Crippen molar-refractivity contribution in [3.8, 4) is 5.75 Å². The fourth-order valence-corrected chi connectivity index (χ4v) is 3.34. The first-order valence-corrected chi connectivity index (χ1v) is 9.45. The predicted molar refractivity (Wildman–Crippen MR) is 99.7 cm³/mol. The number of para-hydroxylation sites is 1. The summed E-state index contributed by atoms with van der Waals surface area (Å²) in [6.45, 7) is 1.21. The van der Waals surface area contributed by atoms with E-state index in [1.807, 2.05) is 17.5 Å². The summed E-state index contributed by atoms with van der Waals surface area (Å²) < 4.78 is 10.3. The molecule has 1 aliphatic heterocycles. The highest BCUT2D eigenvalue weighted by Crippen LogP contribution is 2.14. The molecule has 0 bridgehead atoms. The largest absolute Gasteiger partial charge is 0.482 e. The summed E-state index contributed by atoms with van der Waals surface area (Å²) in [4.78, 5) is 40.2. The first-order chi connectivity index (χ1) is 13.1. The van der Waals surface area contributed by atoms with Crippen molar-refractivity contribution in [2.75, 3.05) is 39.4 Å². The summed E-state index contributed by atoms with van der Waals surface area (Å²) in [6.07, 6.45) is 0. The molecule has 0 atom stereocenters. The molecule has 3 rings (SSSR count).